The van der Waals surface area contributed by atoms with Gasteiger partial charge in [-0.15, -0.1) is 0 Å². The molecule has 1 aromatic carbocycles. The van der Waals surface area contributed by atoms with Gasteiger partial charge in [0.25, 0.3) is 0 Å². The maximum atomic E-state index is 12.6. The lowest BCUT2D eigenvalue weighted by atomic mass is 9.70. The number of anilines is 1. The van der Waals surface area contributed by atoms with Gasteiger partial charge in [0.15, 0.2) is 0 Å². The number of hydrogen-bond acceptors (Lipinski definition) is 5. The van der Waals surface area contributed by atoms with E-state index >= 15 is 0 Å². The van der Waals surface area contributed by atoms with Crippen molar-refractivity contribution in [3.05, 3.63) is 24.3 Å². The number of carbonyl (C=O) groups is 1. The van der Waals surface area contributed by atoms with Gasteiger partial charge in [0.05, 0.1) is 12.8 Å². The zero-order valence-electron chi connectivity index (χ0n) is 23.4. The monoisotopic (exact) mass is 497 g/mol. The van der Waals surface area contributed by atoms with Crippen molar-refractivity contribution in [2.24, 2.45) is 33.2 Å². The van der Waals surface area contributed by atoms with Gasteiger partial charge >= 0.3 is 6.09 Å². The molecule has 0 aromatic heterocycles. The van der Waals surface area contributed by atoms with Crippen molar-refractivity contribution in [1.82, 2.24) is 4.90 Å². The predicted molar refractivity (Wildman–Crippen MR) is 147 cm³/mol. The summed E-state index contributed by atoms with van der Waals surface area (Å²) in [6.45, 7) is 15.2. The highest BCUT2D eigenvalue weighted by Gasteiger charge is 2.65. The summed E-state index contributed by atoms with van der Waals surface area (Å²) in [7, 11) is 1.62. The van der Waals surface area contributed by atoms with Crippen LogP contribution in [0.15, 0.2) is 29.4 Å². The molecule has 6 nitrogen and oxygen atoms in total. The molecule has 6 heteroatoms. The standard InChI is InChI=1S/C30H47N3O3/c1-7-9-16-30(17-10-8-2)20-33(21-30)19-24-25-15-18-29(5,28(25,3)4)26(24)32-36-27(34)31-22-11-13-23(35-6)14-12-22/h11-14,24-25H,7-10,15-21H2,1-6H3,(H,31,34). The minimum absolute atomic E-state index is 0.0326. The third kappa shape index (κ3) is 5.03. The molecule has 2 bridgehead atoms. The van der Waals surface area contributed by atoms with Crippen LogP contribution >= 0.6 is 0 Å². The number of likely N-dealkylation sites (tertiary alicyclic amines) is 1. The summed E-state index contributed by atoms with van der Waals surface area (Å²) in [5.74, 6) is 1.67. The Balaban J connectivity index is 1.44. The van der Waals surface area contributed by atoms with Gasteiger partial charge in [-0.1, -0.05) is 65.5 Å². The molecule has 3 unspecified atom stereocenters. The minimum atomic E-state index is -0.544. The number of carbonyl (C=O) groups excluding carboxylic acids is 1. The van der Waals surface area contributed by atoms with Crippen LogP contribution in [-0.4, -0.2) is 43.4 Å². The Morgan fingerprint density at radius 1 is 1.08 bits per heavy atom. The molecule has 1 aliphatic heterocycles. The van der Waals surface area contributed by atoms with Gasteiger partial charge in [-0.05, 0) is 66.7 Å². The molecule has 1 N–H and O–H groups in total. The summed E-state index contributed by atoms with van der Waals surface area (Å²) in [5, 5.41) is 7.37. The van der Waals surface area contributed by atoms with Gasteiger partial charge in [-0.25, -0.2) is 4.79 Å². The molecule has 4 rings (SSSR count). The van der Waals surface area contributed by atoms with Gasteiger partial charge in [-0.2, -0.15) is 0 Å². The number of nitrogens with one attached hydrogen (secondary N) is 1. The molecule has 0 spiro atoms. The summed E-state index contributed by atoms with van der Waals surface area (Å²) in [4.78, 5) is 20.7. The average Bonchev–Trinajstić information content (AvgIpc) is 3.16. The normalized spacial score (nSPS) is 29.2. The highest BCUT2D eigenvalue weighted by molar-refractivity contribution is 5.97. The van der Waals surface area contributed by atoms with E-state index in [9.17, 15) is 4.79 Å². The first-order chi connectivity index (χ1) is 17.2. The highest BCUT2D eigenvalue weighted by atomic mass is 16.7. The van der Waals surface area contributed by atoms with Gasteiger partial charge in [0.1, 0.15) is 5.75 Å². The molecule has 3 atom stereocenters. The predicted octanol–water partition coefficient (Wildman–Crippen LogP) is 7.35. The molecule has 0 radical (unpaired) electrons. The lowest BCUT2D eigenvalue weighted by Gasteiger charge is -2.52. The zero-order chi connectivity index (χ0) is 26.0. The Morgan fingerprint density at radius 3 is 2.31 bits per heavy atom. The lowest BCUT2D eigenvalue weighted by Crippen LogP contribution is -2.58. The van der Waals surface area contributed by atoms with E-state index in [0.717, 1.165) is 24.4 Å². The number of fused-ring (bicyclic) bond motifs is 2. The van der Waals surface area contributed by atoms with Crippen molar-refractivity contribution in [3.8, 4) is 5.75 Å². The molecule has 1 saturated heterocycles. The Kier molecular flexibility index (Phi) is 8.04. The number of nitrogens with zero attached hydrogens (tertiary/aromatic N) is 2. The Labute approximate surface area is 218 Å². The smallest absolute Gasteiger partial charge is 0.437 e. The van der Waals surface area contributed by atoms with E-state index in [0.29, 0.717) is 22.9 Å². The first-order valence-corrected chi connectivity index (χ1v) is 14.1. The van der Waals surface area contributed by atoms with Gasteiger partial charge in [-0.3, -0.25) is 10.2 Å². The molecule has 1 aromatic rings. The second-order valence-electron chi connectivity index (χ2n) is 12.4. The number of rotatable bonds is 11. The third-order valence-electron chi connectivity index (χ3n) is 9.96. The van der Waals surface area contributed by atoms with E-state index in [1.165, 1.54) is 58.0 Å². The van der Waals surface area contributed by atoms with Gasteiger partial charge in [0.2, 0.25) is 0 Å². The van der Waals surface area contributed by atoms with Gasteiger partial charge < -0.3 is 9.64 Å². The average molecular weight is 498 g/mol. The van der Waals surface area contributed by atoms with Crippen LogP contribution in [0.25, 0.3) is 0 Å². The molecule has 3 fully saturated rings. The number of oxime groups is 1. The summed E-state index contributed by atoms with van der Waals surface area (Å²) >= 11 is 0. The van der Waals surface area contributed by atoms with Crippen LogP contribution in [-0.2, 0) is 4.84 Å². The van der Waals surface area contributed by atoms with E-state index in [2.05, 4.69) is 50.0 Å². The highest BCUT2D eigenvalue weighted by Crippen LogP contribution is 2.66. The molecule has 200 valence electrons. The van der Waals surface area contributed by atoms with Crippen molar-refractivity contribution in [3.63, 3.8) is 0 Å². The Bertz CT molecular complexity index is 925. The molecule has 2 aliphatic carbocycles. The number of amides is 1. The molecule has 1 amide bonds. The molecule has 2 saturated carbocycles. The van der Waals surface area contributed by atoms with Crippen LogP contribution in [0, 0.1) is 28.1 Å². The Hall–Kier alpha value is -2.08. The Morgan fingerprint density at radius 2 is 1.72 bits per heavy atom. The van der Waals surface area contributed by atoms with Crippen molar-refractivity contribution in [1.29, 1.82) is 0 Å². The fourth-order valence-corrected chi connectivity index (χ4v) is 7.44. The van der Waals surface area contributed by atoms with E-state index in [-0.39, 0.29) is 10.8 Å². The van der Waals surface area contributed by atoms with E-state index in [1.807, 2.05) is 12.1 Å². The molecule has 1 heterocycles. The maximum Gasteiger partial charge on any atom is 0.437 e. The van der Waals surface area contributed by atoms with Crippen LogP contribution in [0.2, 0.25) is 0 Å². The largest absolute Gasteiger partial charge is 0.497 e. The van der Waals surface area contributed by atoms with Crippen molar-refractivity contribution < 1.29 is 14.4 Å². The van der Waals surface area contributed by atoms with Gasteiger partial charge in [0, 0.05) is 36.7 Å². The number of benzene rings is 1. The molecule has 36 heavy (non-hydrogen) atoms. The summed E-state index contributed by atoms with van der Waals surface area (Å²) in [5.41, 5.74) is 2.38. The van der Waals surface area contributed by atoms with Crippen molar-refractivity contribution in [2.75, 3.05) is 32.1 Å². The van der Waals surface area contributed by atoms with Crippen molar-refractivity contribution in [2.45, 2.75) is 86.0 Å². The van der Waals surface area contributed by atoms with Crippen LogP contribution in [0.1, 0.15) is 86.0 Å². The molecular formula is C30H47N3O3. The number of unbranched alkanes of at least 4 members (excludes halogenated alkanes) is 2. The van der Waals surface area contributed by atoms with Crippen LogP contribution in [0.3, 0.4) is 0 Å². The van der Waals surface area contributed by atoms with Crippen LogP contribution in [0.5, 0.6) is 5.75 Å². The van der Waals surface area contributed by atoms with E-state index < -0.39 is 6.09 Å². The summed E-state index contributed by atoms with van der Waals surface area (Å²) < 4.78 is 5.19. The number of ether oxygens (including phenoxy) is 1. The van der Waals surface area contributed by atoms with Crippen LogP contribution in [0.4, 0.5) is 10.5 Å². The van der Waals surface area contributed by atoms with E-state index in [4.69, 9.17) is 9.57 Å². The maximum absolute atomic E-state index is 12.6. The first kappa shape index (κ1) is 27.0. The second-order valence-corrected chi connectivity index (χ2v) is 12.4. The summed E-state index contributed by atoms with van der Waals surface area (Å²) in [6, 6.07) is 7.21. The molecular weight excluding hydrogens is 450 g/mol. The van der Waals surface area contributed by atoms with Crippen molar-refractivity contribution >= 4 is 17.5 Å². The fraction of sp³-hybridized carbons (Fsp3) is 0.733. The zero-order valence-corrected chi connectivity index (χ0v) is 23.4. The number of hydrogen-bond donors (Lipinski definition) is 1. The minimum Gasteiger partial charge on any atom is -0.497 e. The SMILES string of the molecule is CCCCC1(CCCC)CN(CC2C(=NOC(=O)Nc3ccc(OC)cc3)C3(C)CCC2C3(C)C)C1. The quantitative estimate of drug-likeness (QED) is 0.256. The fourth-order valence-electron chi connectivity index (χ4n) is 7.44. The third-order valence-corrected chi connectivity index (χ3v) is 9.96. The summed E-state index contributed by atoms with van der Waals surface area (Å²) in [6.07, 6.45) is 9.72. The van der Waals surface area contributed by atoms with Crippen LogP contribution < -0.4 is 10.1 Å². The van der Waals surface area contributed by atoms with E-state index in [1.54, 1.807) is 19.2 Å². The second kappa shape index (κ2) is 10.7. The topological polar surface area (TPSA) is 63.2 Å². The lowest BCUT2D eigenvalue weighted by molar-refractivity contribution is -0.0265. The first-order valence-electron chi connectivity index (χ1n) is 14.1. The molecule has 3 aliphatic rings. The number of methoxy groups -OCH3 is 1.